The molecule has 1 amide bonds. The zero-order valence-electron chi connectivity index (χ0n) is 14.7. The number of rotatable bonds is 3. The molecule has 0 aromatic heterocycles. The van der Waals surface area contributed by atoms with Crippen molar-refractivity contribution in [1.29, 1.82) is 0 Å². The molecule has 0 fully saturated rings. The van der Waals surface area contributed by atoms with Gasteiger partial charge in [-0.1, -0.05) is 17.7 Å². The Hall–Kier alpha value is -2.14. The van der Waals surface area contributed by atoms with E-state index in [1.165, 1.54) is 19.1 Å². The van der Waals surface area contributed by atoms with Gasteiger partial charge in [-0.25, -0.2) is 5.06 Å². The zero-order chi connectivity index (χ0) is 17.5. The molecule has 23 heavy (non-hydrogen) atoms. The highest BCUT2D eigenvalue weighted by Gasteiger charge is 2.49. The van der Waals surface area contributed by atoms with Gasteiger partial charge in [-0.3, -0.25) is 14.4 Å². The molecule has 2 rings (SSSR count). The highest BCUT2D eigenvalue weighted by molar-refractivity contribution is 6.23. The van der Waals surface area contributed by atoms with Gasteiger partial charge in [-0.15, -0.1) is 0 Å². The van der Waals surface area contributed by atoms with Gasteiger partial charge in [-0.2, -0.15) is 0 Å². The summed E-state index contributed by atoms with van der Waals surface area (Å²) >= 11 is 0. The third kappa shape index (κ3) is 2.77. The number of hydroxylamine groups is 2. The van der Waals surface area contributed by atoms with Crippen molar-refractivity contribution in [2.45, 2.75) is 47.1 Å². The van der Waals surface area contributed by atoms with Crippen molar-refractivity contribution in [3.05, 3.63) is 40.1 Å². The van der Waals surface area contributed by atoms with Crippen molar-refractivity contribution in [2.24, 2.45) is 0 Å². The van der Waals surface area contributed by atoms with Gasteiger partial charge in [0.25, 0.3) is 5.91 Å². The molecule has 0 saturated carbocycles. The highest BCUT2D eigenvalue weighted by atomic mass is 16.7. The molecule has 124 valence electrons. The summed E-state index contributed by atoms with van der Waals surface area (Å²) in [6.07, 6.45) is 0. The van der Waals surface area contributed by atoms with Gasteiger partial charge < -0.3 is 4.74 Å². The number of hydrogen-bond acceptors (Lipinski definition) is 4. The molecule has 0 atom stereocenters. The van der Waals surface area contributed by atoms with E-state index in [-0.39, 0.29) is 5.91 Å². The second-order valence-corrected chi connectivity index (χ2v) is 6.41. The molecule has 1 aliphatic rings. The van der Waals surface area contributed by atoms with Crippen LogP contribution >= 0.6 is 0 Å². The van der Waals surface area contributed by atoms with Crippen LogP contribution in [-0.4, -0.2) is 29.6 Å². The number of hydrogen-bond donors (Lipinski definition) is 0. The molecular formula is C18H23NO4. The second-order valence-electron chi connectivity index (χ2n) is 6.41. The van der Waals surface area contributed by atoms with Gasteiger partial charge in [0.05, 0.1) is 12.7 Å². The van der Waals surface area contributed by atoms with Crippen LogP contribution in [0.5, 0.6) is 0 Å². The fourth-order valence-electron chi connectivity index (χ4n) is 3.28. The molecule has 0 bridgehead atoms. The van der Waals surface area contributed by atoms with Crippen LogP contribution in [0.1, 0.15) is 43.0 Å². The van der Waals surface area contributed by atoms with Crippen LogP contribution in [0.15, 0.2) is 17.9 Å². The third-order valence-electron chi connectivity index (χ3n) is 4.04. The Balaban J connectivity index is 2.78. The summed E-state index contributed by atoms with van der Waals surface area (Å²) in [5.74, 6) is -0.436. The number of amides is 1. The molecule has 1 aliphatic heterocycles. The van der Waals surface area contributed by atoms with E-state index in [1.54, 1.807) is 13.8 Å². The predicted octanol–water partition coefficient (Wildman–Crippen LogP) is 3.07. The van der Waals surface area contributed by atoms with Gasteiger partial charge in [0.1, 0.15) is 11.3 Å². The number of carbonyl (C=O) groups is 2. The fourth-order valence-corrected chi connectivity index (χ4v) is 3.28. The van der Waals surface area contributed by atoms with E-state index in [0.717, 1.165) is 22.3 Å². The highest BCUT2D eigenvalue weighted by Crippen LogP contribution is 2.42. The predicted molar refractivity (Wildman–Crippen MR) is 87.3 cm³/mol. The number of nitrogens with zero attached hydrogens (tertiary/aromatic N) is 1. The topological polar surface area (TPSA) is 55.8 Å². The Morgan fingerprint density at radius 2 is 1.65 bits per heavy atom. The summed E-state index contributed by atoms with van der Waals surface area (Å²) in [6.45, 7) is 10.8. The Morgan fingerprint density at radius 1 is 1.13 bits per heavy atom. The summed E-state index contributed by atoms with van der Waals surface area (Å²) in [5, 5.41) is 1.25. The van der Waals surface area contributed by atoms with Gasteiger partial charge in [-0.05, 0) is 51.3 Å². The molecule has 1 aromatic rings. The number of carbonyl (C=O) groups excluding carboxylic acids is 2. The van der Waals surface area contributed by atoms with Crippen molar-refractivity contribution in [1.82, 2.24) is 5.06 Å². The minimum absolute atomic E-state index is 0.302. The van der Waals surface area contributed by atoms with Gasteiger partial charge >= 0.3 is 5.97 Å². The Kier molecular flexibility index (Phi) is 4.35. The lowest BCUT2D eigenvalue weighted by Gasteiger charge is -2.30. The maximum absolute atomic E-state index is 12.9. The summed E-state index contributed by atoms with van der Waals surface area (Å²) in [5.41, 5.74) is 3.36. The van der Waals surface area contributed by atoms with Crippen LogP contribution in [-0.2, 0) is 19.2 Å². The lowest BCUT2D eigenvalue weighted by Crippen LogP contribution is -2.43. The number of esters is 1. The van der Waals surface area contributed by atoms with Crippen LogP contribution in [0.2, 0.25) is 0 Å². The summed E-state index contributed by atoms with van der Waals surface area (Å²) < 4.78 is 5.43. The van der Waals surface area contributed by atoms with Crippen LogP contribution in [0.3, 0.4) is 0 Å². The number of benzene rings is 1. The first-order chi connectivity index (χ1) is 10.6. The van der Waals surface area contributed by atoms with Crippen molar-refractivity contribution >= 4 is 17.4 Å². The molecule has 0 spiro atoms. The second kappa shape index (κ2) is 5.81. The Bertz CT molecular complexity index is 693. The molecule has 5 nitrogen and oxygen atoms in total. The van der Waals surface area contributed by atoms with E-state index in [0.29, 0.717) is 11.3 Å². The minimum Gasteiger partial charge on any atom is -0.428 e. The van der Waals surface area contributed by atoms with E-state index in [2.05, 4.69) is 0 Å². The average Bonchev–Trinajstić information content (AvgIpc) is 2.56. The molecule has 1 heterocycles. The Labute approximate surface area is 136 Å². The van der Waals surface area contributed by atoms with E-state index >= 15 is 0 Å². The smallest absolute Gasteiger partial charge is 0.307 e. The average molecular weight is 317 g/mol. The lowest BCUT2D eigenvalue weighted by atomic mass is 9.91. The van der Waals surface area contributed by atoms with E-state index in [1.807, 2.05) is 32.9 Å². The maximum Gasteiger partial charge on any atom is 0.307 e. The lowest BCUT2D eigenvalue weighted by molar-refractivity contribution is -0.191. The summed E-state index contributed by atoms with van der Waals surface area (Å²) in [6, 6.07) is 4.02. The number of ether oxygens (including phenoxy) is 1. The normalized spacial score (nSPS) is 17.0. The van der Waals surface area contributed by atoms with Gasteiger partial charge in [0.15, 0.2) is 0 Å². The zero-order valence-corrected chi connectivity index (χ0v) is 14.7. The molecule has 5 heteroatoms. The number of aryl methyl sites for hydroxylation is 3. The molecular weight excluding hydrogens is 294 g/mol. The molecule has 0 radical (unpaired) electrons. The van der Waals surface area contributed by atoms with Crippen LogP contribution in [0.25, 0.3) is 5.57 Å². The maximum atomic E-state index is 12.9. The largest absolute Gasteiger partial charge is 0.428 e. The monoisotopic (exact) mass is 317 g/mol. The minimum atomic E-state index is -0.864. The standard InChI is InChI=1S/C18H23NO4/c1-10-8-11(2)14(12(3)9-10)15-16(23-13(4)20)18(5,6)19(22-7)17(15)21/h8-9H,1-7H3. The van der Waals surface area contributed by atoms with Crippen LogP contribution in [0.4, 0.5) is 0 Å². The van der Waals surface area contributed by atoms with E-state index in [4.69, 9.17) is 9.57 Å². The summed E-state index contributed by atoms with van der Waals surface area (Å²) in [7, 11) is 1.43. The van der Waals surface area contributed by atoms with E-state index < -0.39 is 11.5 Å². The first-order valence-corrected chi connectivity index (χ1v) is 7.51. The van der Waals surface area contributed by atoms with Gasteiger partial charge in [0.2, 0.25) is 0 Å². The van der Waals surface area contributed by atoms with Gasteiger partial charge in [0, 0.05) is 6.92 Å². The fraction of sp³-hybridized carbons (Fsp3) is 0.444. The first kappa shape index (κ1) is 17.2. The quantitative estimate of drug-likeness (QED) is 0.804. The molecule has 0 unspecified atom stereocenters. The SMILES string of the molecule is CON1C(=O)C(c2c(C)cc(C)cc2C)=C(OC(C)=O)C1(C)C. The molecule has 0 saturated heterocycles. The first-order valence-electron chi connectivity index (χ1n) is 7.51. The molecule has 1 aromatic carbocycles. The Morgan fingerprint density at radius 3 is 2.09 bits per heavy atom. The summed E-state index contributed by atoms with van der Waals surface area (Å²) in [4.78, 5) is 29.7. The molecule has 0 aliphatic carbocycles. The molecule has 0 N–H and O–H groups in total. The van der Waals surface area contributed by atoms with Crippen molar-refractivity contribution < 1.29 is 19.2 Å². The van der Waals surface area contributed by atoms with Crippen molar-refractivity contribution in [3.8, 4) is 0 Å². The van der Waals surface area contributed by atoms with Crippen LogP contribution < -0.4 is 0 Å². The van der Waals surface area contributed by atoms with Crippen molar-refractivity contribution in [3.63, 3.8) is 0 Å². The third-order valence-corrected chi connectivity index (χ3v) is 4.04. The van der Waals surface area contributed by atoms with Crippen LogP contribution in [0, 0.1) is 20.8 Å². The van der Waals surface area contributed by atoms with Crippen molar-refractivity contribution in [2.75, 3.05) is 7.11 Å². The van der Waals surface area contributed by atoms with E-state index in [9.17, 15) is 9.59 Å².